The van der Waals surface area contributed by atoms with Gasteiger partial charge in [-0.3, -0.25) is 4.79 Å². The molecule has 2 aromatic rings. The topological polar surface area (TPSA) is 68.5 Å². The van der Waals surface area contributed by atoms with E-state index >= 15 is 0 Å². The zero-order chi connectivity index (χ0) is 18.4. The number of halogens is 1. The number of nitriles is 1. The highest BCUT2D eigenvalue weighted by molar-refractivity contribution is 5.90. The number of rotatable bonds is 5. The summed E-state index contributed by atoms with van der Waals surface area (Å²) < 4.78 is 29.1. The lowest BCUT2D eigenvalue weighted by Crippen LogP contribution is -2.03. The first-order chi connectivity index (χ1) is 12.0. The predicted molar refractivity (Wildman–Crippen MR) is 90.7 cm³/mol. The van der Waals surface area contributed by atoms with Crippen molar-refractivity contribution in [1.29, 1.82) is 5.26 Å². The lowest BCUT2D eigenvalue weighted by atomic mass is 10.0. The summed E-state index contributed by atoms with van der Waals surface area (Å²) in [5, 5.41) is 9.39. The smallest absolute Gasteiger partial charge is 0.308 e. The van der Waals surface area contributed by atoms with Crippen LogP contribution in [-0.2, 0) is 4.79 Å². The first-order valence-corrected chi connectivity index (χ1v) is 7.30. The van der Waals surface area contributed by atoms with Crippen molar-refractivity contribution in [3.63, 3.8) is 0 Å². The number of esters is 1. The molecule has 0 heterocycles. The number of ether oxygens (including phenoxy) is 3. The quantitative estimate of drug-likeness (QED) is 0.358. The second kappa shape index (κ2) is 7.97. The molecule has 128 valence electrons. The molecule has 0 saturated heterocycles. The molecule has 0 aromatic heterocycles. The number of benzene rings is 2. The van der Waals surface area contributed by atoms with Crippen LogP contribution < -0.4 is 14.2 Å². The van der Waals surface area contributed by atoms with E-state index in [9.17, 15) is 14.4 Å². The molecule has 2 rings (SSSR count). The number of hydrogen-bond donors (Lipinski definition) is 0. The van der Waals surface area contributed by atoms with Crippen LogP contribution in [0.1, 0.15) is 18.1 Å². The zero-order valence-electron chi connectivity index (χ0n) is 14.0. The summed E-state index contributed by atoms with van der Waals surface area (Å²) in [5.41, 5.74) is 1.31. The molecule has 0 aliphatic rings. The van der Waals surface area contributed by atoms with Crippen LogP contribution in [0.5, 0.6) is 17.2 Å². The Hall–Kier alpha value is -3.33. The van der Waals surface area contributed by atoms with Gasteiger partial charge >= 0.3 is 5.97 Å². The summed E-state index contributed by atoms with van der Waals surface area (Å²) in [6, 6.07) is 11.2. The molecule has 0 saturated carbocycles. The molecule has 0 aliphatic carbocycles. The summed E-state index contributed by atoms with van der Waals surface area (Å²) in [6.45, 7) is 1.19. The minimum atomic E-state index is -0.721. The minimum absolute atomic E-state index is 0.181. The van der Waals surface area contributed by atoms with Crippen molar-refractivity contribution in [2.75, 3.05) is 14.2 Å². The van der Waals surface area contributed by atoms with Gasteiger partial charge in [-0.15, -0.1) is 0 Å². The third-order valence-corrected chi connectivity index (χ3v) is 3.34. The van der Waals surface area contributed by atoms with Crippen molar-refractivity contribution >= 4 is 17.6 Å². The van der Waals surface area contributed by atoms with E-state index in [1.807, 2.05) is 6.07 Å². The lowest BCUT2D eigenvalue weighted by molar-refractivity contribution is -0.132. The third kappa shape index (κ3) is 4.36. The SMILES string of the molecule is COc1ccc(/C=C(\C#N)c2ccc(OC(C)=O)c(F)c2)cc1OC. The maximum absolute atomic E-state index is 14.0. The Balaban J connectivity index is 2.40. The highest BCUT2D eigenvalue weighted by Gasteiger charge is 2.10. The number of methoxy groups -OCH3 is 2. The first kappa shape index (κ1) is 18.0. The fraction of sp³-hybridized carbons (Fsp3) is 0.158. The van der Waals surface area contributed by atoms with Crippen LogP contribution in [0, 0.1) is 17.1 Å². The lowest BCUT2D eigenvalue weighted by Gasteiger charge is -2.08. The number of carbonyl (C=O) groups excluding carboxylic acids is 1. The van der Waals surface area contributed by atoms with Gasteiger partial charge in [-0.05, 0) is 47.5 Å². The van der Waals surface area contributed by atoms with Gasteiger partial charge in [0.1, 0.15) is 0 Å². The number of nitrogens with zero attached hydrogens (tertiary/aromatic N) is 1. The maximum atomic E-state index is 14.0. The van der Waals surface area contributed by atoms with E-state index in [0.29, 0.717) is 22.6 Å². The predicted octanol–water partition coefficient (Wildman–Crippen LogP) is 3.83. The Labute approximate surface area is 144 Å². The van der Waals surface area contributed by atoms with Gasteiger partial charge in [0.05, 0.1) is 25.9 Å². The molecule has 5 nitrogen and oxygen atoms in total. The zero-order valence-corrected chi connectivity index (χ0v) is 14.0. The Bertz CT molecular complexity index is 868. The highest BCUT2D eigenvalue weighted by Crippen LogP contribution is 2.30. The van der Waals surface area contributed by atoms with Crippen molar-refractivity contribution in [2.24, 2.45) is 0 Å². The minimum Gasteiger partial charge on any atom is -0.493 e. The average Bonchev–Trinajstić information content (AvgIpc) is 2.60. The maximum Gasteiger partial charge on any atom is 0.308 e. The number of carbonyl (C=O) groups is 1. The van der Waals surface area contributed by atoms with Crippen LogP contribution in [0.15, 0.2) is 36.4 Å². The standard InChI is InChI=1S/C19H16FNO4/c1-12(22)25-17-7-5-14(10-16(17)20)15(11-21)8-13-4-6-18(23-2)19(9-13)24-3/h4-10H,1-3H3/b15-8+. The Morgan fingerprint density at radius 3 is 2.32 bits per heavy atom. The van der Waals surface area contributed by atoms with Crippen LogP contribution >= 0.6 is 0 Å². The molecule has 0 fully saturated rings. The van der Waals surface area contributed by atoms with Crippen molar-refractivity contribution < 1.29 is 23.4 Å². The van der Waals surface area contributed by atoms with Gasteiger partial charge in [0, 0.05) is 6.92 Å². The van der Waals surface area contributed by atoms with Crippen molar-refractivity contribution in [1.82, 2.24) is 0 Å². The van der Waals surface area contributed by atoms with Gasteiger partial charge in [0.2, 0.25) is 0 Å². The highest BCUT2D eigenvalue weighted by atomic mass is 19.1. The van der Waals surface area contributed by atoms with Crippen LogP contribution in [0.2, 0.25) is 0 Å². The fourth-order valence-corrected chi connectivity index (χ4v) is 2.20. The molecule has 0 N–H and O–H groups in total. The average molecular weight is 341 g/mol. The molecule has 0 atom stereocenters. The van der Waals surface area contributed by atoms with Crippen LogP contribution in [0.3, 0.4) is 0 Å². The molecule has 6 heteroatoms. The van der Waals surface area contributed by atoms with Crippen LogP contribution in [0.25, 0.3) is 11.6 Å². The van der Waals surface area contributed by atoms with Gasteiger partial charge in [-0.1, -0.05) is 6.07 Å². The van der Waals surface area contributed by atoms with Crippen molar-refractivity contribution in [2.45, 2.75) is 6.92 Å². The summed E-state index contributed by atoms with van der Waals surface area (Å²) in [4.78, 5) is 10.9. The normalized spacial score (nSPS) is 10.8. The first-order valence-electron chi connectivity index (χ1n) is 7.30. The van der Waals surface area contributed by atoms with Gasteiger partial charge < -0.3 is 14.2 Å². The van der Waals surface area contributed by atoms with Crippen LogP contribution in [-0.4, -0.2) is 20.2 Å². The van der Waals surface area contributed by atoms with E-state index in [1.54, 1.807) is 24.3 Å². The van der Waals surface area contributed by atoms with E-state index in [4.69, 9.17) is 14.2 Å². The molecule has 0 bridgehead atoms. The van der Waals surface area contributed by atoms with E-state index in [-0.39, 0.29) is 11.3 Å². The van der Waals surface area contributed by atoms with Crippen molar-refractivity contribution in [3.8, 4) is 23.3 Å². The Morgan fingerprint density at radius 1 is 1.08 bits per heavy atom. The van der Waals surface area contributed by atoms with E-state index in [1.165, 1.54) is 33.3 Å². The summed E-state index contributed by atoms with van der Waals surface area (Å²) in [5.74, 6) is -0.436. The molecule has 0 aliphatic heterocycles. The summed E-state index contributed by atoms with van der Waals surface area (Å²) in [6.07, 6.45) is 1.60. The second-order valence-electron chi connectivity index (χ2n) is 5.02. The molecule has 0 radical (unpaired) electrons. The van der Waals surface area contributed by atoms with Gasteiger partial charge in [-0.2, -0.15) is 5.26 Å². The Morgan fingerprint density at radius 2 is 1.76 bits per heavy atom. The molecule has 2 aromatic carbocycles. The fourth-order valence-electron chi connectivity index (χ4n) is 2.20. The molecule has 0 unspecified atom stereocenters. The van der Waals surface area contributed by atoms with Crippen LogP contribution in [0.4, 0.5) is 4.39 Å². The number of hydrogen-bond acceptors (Lipinski definition) is 5. The molecule has 0 spiro atoms. The molecular weight excluding hydrogens is 325 g/mol. The number of allylic oxidation sites excluding steroid dienone is 1. The van der Waals surface area contributed by atoms with Crippen molar-refractivity contribution in [3.05, 3.63) is 53.3 Å². The Kier molecular flexibility index (Phi) is 5.75. The third-order valence-electron chi connectivity index (χ3n) is 3.34. The van der Waals surface area contributed by atoms with E-state index in [0.717, 1.165) is 6.07 Å². The van der Waals surface area contributed by atoms with Gasteiger partial charge in [0.25, 0.3) is 0 Å². The monoisotopic (exact) mass is 341 g/mol. The molecular formula is C19H16FNO4. The largest absolute Gasteiger partial charge is 0.493 e. The molecule has 25 heavy (non-hydrogen) atoms. The summed E-state index contributed by atoms with van der Waals surface area (Å²) in [7, 11) is 3.04. The van der Waals surface area contributed by atoms with Gasteiger partial charge in [0.15, 0.2) is 23.1 Å². The van der Waals surface area contributed by atoms with Gasteiger partial charge in [-0.25, -0.2) is 4.39 Å². The van der Waals surface area contributed by atoms with E-state index < -0.39 is 11.8 Å². The van der Waals surface area contributed by atoms with E-state index in [2.05, 4.69) is 0 Å². The second-order valence-corrected chi connectivity index (χ2v) is 5.02. The molecule has 0 amide bonds. The summed E-state index contributed by atoms with van der Waals surface area (Å²) >= 11 is 0.